The van der Waals surface area contributed by atoms with Gasteiger partial charge in [-0.25, -0.2) is 13.1 Å². The van der Waals surface area contributed by atoms with Crippen LogP contribution in [0.25, 0.3) is 5.69 Å². The summed E-state index contributed by atoms with van der Waals surface area (Å²) in [4.78, 5) is -0.00753. The number of anilines is 2. The van der Waals surface area contributed by atoms with Crippen molar-refractivity contribution in [2.24, 2.45) is 0 Å². The van der Waals surface area contributed by atoms with E-state index in [2.05, 4.69) is 9.82 Å². The molecule has 1 heterocycles. The molecule has 3 aromatic rings. The molecular weight excluding hydrogens is 369 g/mol. The van der Waals surface area contributed by atoms with Gasteiger partial charge in [0.2, 0.25) is 0 Å². The topological polar surface area (TPSA) is 90.0 Å². The van der Waals surface area contributed by atoms with Crippen LogP contribution < -0.4 is 10.5 Å². The lowest BCUT2D eigenvalue weighted by Crippen LogP contribution is -2.16. The number of sulfonamides is 1. The summed E-state index contributed by atoms with van der Waals surface area (Å²) >= 11 is 0. The van der Waals surface area contributed by atoms with Gasteiger partial charge in [0.25, 0.3) is 10.0 Å². The molecule has 136 valence electrons. The van der Waals surface area contributed by atoms with Crippen LogP contribution in [0.5, 0.6) is 0 Å². The average molecular weight is 382 g/mol. The predicted molar refractivity (Wildman–Crippen MR) is 90.2 cm³/mol. The standard InChI is InChI=1S/C16H13F3N4O2S/c17-16(18,19)11-1-5-13(6-2-11)23-15(9-10-21-23)22-26(24,25)14-7-3-12(20)4-8-14/h1-10,22H,20H2. The maximum absolute atomic E-state index is 12.7. The molecule has 2 aromatic carbocycles. The fraction of sp³-hybridized carbons (Fsp3) is 0.0625. The Morgan fingerprint density at radius 3 is 2.15 bits per heavy atom. The zero-order valence-corrected chi connectivity index (χ0v) is 13.9. The van der Waals surface area contributed by atoms with Crippen molar-refractivity contribution < 1.29 is 21.6 Å². The van der Waals surface area contributed by atoms with Gasteiger partial charge in [0.15, 0.2) is 0 Å². The van der Waals surface area contributed by atoms with Crippen LogP contribution in [0.1, 0.15) is 5.56 Å². The summed E-state index contributed by atoms with van der Waals surface area (Å²) in [6, 6.07) is 11.2. The van der Waals surface area contributed by atoms with Crippen LogP contribution >= 0.6 is 0 Å². The van der Waals surface area contributed by atoms with E-state index in [4.69, 9.17) is 5.73 Å². The second-order valence-electron chi connectivity index (χ2n) is 5.35. The lowest BCUT2D eigenvalue weighted by atomic mass is 10.2. The van der Waals surface area contributed by atoms with Crippen molar-refractivity contribution in [2.45, 2.75) is 11.1 Å². The third kappa shape index (κ3) is 3.64. The summed E-state index contributed by atoms with van der Waals surface area (Å²) < 4.78 is 66.4. The Morgan fingerprint density at radius 1 is 0.962 bits per heavy atom. The van der Waals surface area contributed by atoms with Crippen molar-refractivity contribution in [3.05, 3.63) is 66.4 Å². The van der Waals surface area contributed by atoms with Crippen molar-refractivity contribution in [3.63, 3.8) is 0 Å². The second kappa shape index (κ2) is 6.37. The van der Waals surface area contributed by atoms with Gasteiger partial charge in [-0.05, 0) is 48.5 Å². The quantitative estimate of drug-likeness (QED) is 0.678. The first-order chi connectivity index (χ1) is 12.2. The number of halogens is 3. The molecule has 26 heavy (non-hydrogen) atoms. The highest BCUT2D eigenvalue weighted by Crippen LogP contribution is 2.30. The lowest BCUT2D eigenvalue weighted by Gasteiger charge is -2.12. The number of nitrogens with zero attached hydrogens (tertiary/aromatic N) is 2. The molecular formula is C16H13F3N4O2S. The minimum atomic E-state index is -4.46. The Bertz CT molecular complexity index is 1010. The van der Waals surface area contributed by atoms with Crippen LogP contribution in [0.2, 0.25) is 0 Å². The number of hydrogen-bond acceptors (Lipinski definition) is 4. The highest BCUT2D eigenvalue weighted by molar-refractivity contribution is 7.92. The molecule has 0 radical (unpaired) electrons. The maximum Gasteiger partial charge on any atom is 0.416 e. The van der Waals surface area contributed by atoms with Crippen molar-refractivity contribution in [1.29, 1.82) is 0 Å². The van der Waals surface area contributed by atoms with E-state index >= 15 is 0 Å². The van der Waals surface area contributed by atoms with E-state index in [1.807, 2.05) is 0 Å². The van der Waals surface area contributed by atoms with Gasteiger partial charge in [0, 0.05) is 11.8 Å². The van der Waals surface area contributed by atoms with Gasteiger partial charge in [-0.2, -0.15) is 18.3 Å². The van der Waals surface area contributed by atoms with Crippen LogP contribution in [-0.2, 0) is 16.2 Å². The number of rotatable bonds is 4. The number of hydrogen-bond donors (Lipinski definition) is 2. The Morgan fingerprint density at radius 2 is 1.58 bits per heavy atom. The molecule has 0 unspecified atom stereocenters. The minimum absolute atomic E-state index is 0.00753. The van der Waals surface area contributed by atoms with E-state index in [9.17, 15) is 21.6 Å². The number of nitrogens with one attached hydrogen (secondary N) is 1. The van der Waals surface area contributed by atoms with Crippen molar-refractivity contribution in [2.75, 3.05) is 10.5 Å². The molecule has 0 bridgehead atoms. The van der Waals surface area contributed by atoms with Gasteiger partial charge in [-0.1, -0.05) is 0 Å². The zero-order chi connectivity index (χ0) is 18.9. The van der Waals surface area contributed by atoms with E-state index in [-0.39, 0.29) is 16.4 Å². The molecule has 0 aliphatic carbocycles. The minimum Gasteiger partial charge on any atom is -0.399 e. The molecule has 0 fully saturated rings. The normalized spacial score (nSPS) is 12.1. The monoisotopic (exact) mass is 382 g/mol. The molecule has 0 spiro atoms. The molecule has 0 amide bonds. The summed E-state index contributed by atoms with van der Waals surface area (Å²) in [5.41, 5.74) is 5.42. The smallest absolute Gasteiger partial charge is 0.399 e. The number of nitrogen functional groups attached to an aromatic ring is 1. The summed E-state index contributed by atoms with van der Waals surface area (Å²) in [6.07, 6.45) is -3.12. The predicted octanol–water partition coefficient (Wildman–Crippen LogP) is 3.27. The van der Waals surface area contributed by atoms with Crippen LogP contribution in [0.15, 0.2) is 65.7 Å². The fourth-order valence-electron chi connectivity index (χ4n) is 2.22. The highest BCUT2D eigenvalue weighted by Gasteiger charge is 2.30. The molecule has 6 nitrogen and oxygen atoms in total. The van der Waals surface area contributed by atoms with E-state index in [0.29, 0.717) is 5.69 Å². The van der Waals surface area contributed by atoms with Crippen molar-refractivity contribution >= 4 is 21.5 Å². The second-order valence-corrected chi connectivity index (χ2v) is 7.03. The number of aromatic nitrogens is 2. The summed E-state index contributed by atoms with van der Waals surface area (Å²) in [7, 11) is -3.91. The van der Waals surface area contributed by atoms with Crippen LogP contribution in [0.4, 0.5) is 24.7 Å². The molecule has 3 N–H and O–H groups in total. The van der Waals surface area contributed by atoms with E-state index in [1.54, 1.807) is 0 Å². The van der Waals surface area contributed by atoms with Crippen molar-refractivity contribution in [3.8, 4) is 5.69 Å². The molecule has 1 aromatic heterocycles. The van der Waals surface area contributed by atoms with Crippen molar-refractivity contribution in [1.82, 2.24) is 9.78 Å². The molecule has 0 saturated carbocycles. The van der Waals surface area contributed by atoms with Crippen LogP contribution in [0, 0.1) is 0 Å². The molecule has 0 aliphatic rings. The lowest BCUT2D eigenvalue weighted by molar-refractivity contribution is -0.137. The van der Waals surface area contributed by atoms with Crippen LogP contribution in [-0.4, -0.2) is 18.2 Å². The summed E-state index contributed by atoms with van der Waals surface area (Å²) in [5, 5.41) is 3.96. The largest absolute Gasteiger partial charge is 0.416 e. The van der Waals surface area contributed by atoms with Gasteiger partial charge < -0.3 is 5.73 Å². The van der Waals surface area contributed by atoms with Crippen LogP contribution in [0.3, 0.4) is 0 Å². The molecule has 3 rings (SSSR count). The first kappa shape index (κ1) is 17.8. The zero-order valence-electron chi connectivity index (χ0n) is 13.1. The Labute approximate surface area is 147 Å². The first-order valence-corrected chi connectivity index (χ1v) is 8.75. The maximum atomic E-state index is 12.7. The number of benzene rings is 2. The third-order valence-corrected chi connectivity index (χ3v) is 4.88. The Kier molecular flexibility index (Phi) is 4.36. The molecule has 0 saturated heterocycles. The summed E-state index contributed by atoms with van der Waals surface area (Å²) in [6.45, 7) is 0. The Balaban J connectivity index is 1.90. The van der Waals surface area contributed by atoms with E-state index in [1.165, 1.54) is 53.3 Å². The fourth-order valence-corrected chi connectivity index (χ4v) is 3.26. The highest BCUT2D eigenvalue weighted by atomic mass is 32.2. The Hall–Kier alpha value is -3.01. The van der Waals surface area contributed by atoms with Gasteiger partial charge in [-0.3, -0.25) is 4.72 Å². The third-order valence-electron chi connectivity index (χ3n) is 3.51. The summed E-state index contributed by atoms with van der Waals surface area (Å²) in [5.74, 6) is 0.0848. The van der Waals surface area contributed by atoms with Gasteiger partial charge in [-0.15, -0.1) is 0 Å². The van der Waals surface area contributed by atoms with Gasteiger partial charge >= 0.3 is 6.18 Å². The van der Waals surface area contributed by atoms with Gasteiger partial charge in [0.1, 0.15) is 5.82 Å². The SMILES string of the molecule is Nc1ccc(S(=O)(=O)Nc2ccnn2-c2ccc(C(F)(F)F)cc2)cc1. The first-order valence-electron chi connectivity index (χ1n) is 7.27. The molecule has 10 heteroatoms. The average Bonchev–Trinajstić information content (AvgIpc) is 3.02. The molecule has 0 aliphatic heterocycles. The number of nitrogens with two attached hydrogens (primary N) is 1. The number of alkyl halides is 3. The van der Waals surface area contributed by atoms with E-state index in [0.717, 1.165) is 12.1 Å². The van der Waals surface area contributed by atoms with E-state index < -0.39 is 21.8 Å². The molecule has 0 atom stereocenters. The van der Waals surface area contributed by atoms with Gasteiger partial charge in [0.05, 0.1) is 22.3 Å².